The summed E-state index contributed by atoms with van der Waals surface area (Å²) >= 11 is 0. The van der Waals surface area contributed by atoms with Gasteiger partial charge in [0.2, 0.25) is 0 Å². The Labute approximate surface area is 94.6 Å². The fourth-order valence-electron chi connectivity index (χ4n) is 1.21. The molecule has 6 heteroatoms. The Hall–Kier alpha value is -1.53. The lowest BCUT2D eigenvalue weighted by Crippen LogP contribution is -2.35. The molecule has 2 amide bonds. The Morgan fingerprint density at radius 2 is 2.06 bits per heavy atom. The summed E-state index contributed by atoms with van der Waals surface area (Å²) in [6.07, 6.45) is 0. The summed E-state index contributed by atoms with van der Waals surface area (Å²) in [7, 11) is -1.53. The lowest BCUT2D eigenvalue weighted by molar-refractivity contribution is 0.250. The zero-order valence-corrected chi connectivity index (χ0v) is 9.27. The van der Waals surface area contributed by atoms with Gasteiger partial charge in [-0.1, -0.05) is 12.1 Å². The second-order valence-corrected chi connectivity index (χ2v) is 3.75. The van der Waals surface area contributed by atoms with E-state index in [4.69, 9.17) is 10.0 Å². The van der Waals surface area contributed by atoms with Crippen LogP contribution in [0.15, 0.2) is 24.3 Å². The van der Waals surface area contributed by atoms with Crippen molar-refractivity contribution in [2.45, 2.75) is 19.9 Å². The first kappa shape index (κ1) is 12.5. The van der Waals surface area contributed by atoms with Gasteiger partial charge in [0.1, 0.15) is 0 Å². The molecule has 5 nitrogen and oxygen atoms in total. The van der Waals surface area contributed by atoms with Crippen molar-refractivity contribution < 1.29 is 14.8 Å². The normalized spacial score (nSPS) is 10.1. The molecule has 0 radical (unpaired) electrons. The standard InChI is InChI=1S/C10H15BN2O3/c1-7(2)12-10(14)13-9-5-3-4-8(6-9)11(15)16/h3-7,15-16H,1-2H3,(H2,12,13,14). The number of anilines is 1. The van der Waals surface area contributed by atoms with Crippen LogP contribution in [0.2, 0.25) is 0 Å². The fourth-order valence-corrected chi connectivity index (χ4v) is 1.21. The number of benzene rings is 1. The van der Waals surface area contributed by atoms with Crippen LogP contribution in [0.1, 0.15) is 13.8 Å². The Morgan fingerprint density at radius 1 is 1.38 bits per heavy atom. The molecule has 0 heterocycles. The quantitative estimate of drug-likeness (QED) is 0.539. The molecule has 0 atom stereocenters. The van der Waals surface area contributed by atoms with E-state index >= 15 is 0 Å². The highest BCUT2D eigenvalue weighted by Gasteiger charge is 2.11. The Morgan fingerprint density at radius 3 is 2.62 bits per heavy atom. The molecular weight excluding hydrogens is 207 g/mol. The number of nitrogens with one attached hydrogen (secondary N) is 2. The van der Waals surface area contributed by atoms with Crippen LogP contribution in [0, 0.1) is 0 Å². The topological polar surface area (TPSA) is 81.6 Å². The molecular formula is C10H15BN2O3. The van der Waals surface area contributed by atoms with Gasteiger partial charge in [-0.2, -0.15) is 0 Å². The molecule has 0 aliphatic heterocycles. The van der Waals surface area contributed by atoms with Crippen molar-refractivity contribution >= 4 is 24.3 Å². The van der Waals surface area contributed by atoms with Crippen molar-refractivity contribution in [3.63, 3.8) is 0 Å². The maximum Gasteiger partial charge on any atom is 0.488 e. The van der Waals surface area contributed by atoms with E-state index in [1.807, 2.05) is 13.8 Å². The molecule has 0 bridgehead atoms. The zero-order valence-electron chi connectivity index (χ0n) is 9.27. The summed E-state index contributed by atoms with van der Waals surface area (Å²) in [5, 5.41) is 23.2. The fraction of sp³-hybridized carbons (Fsp3) is 0.300. The van der Waals surface area contributed by atoms with Crippen LogP contribution in [0.4, 0.5) is 10.5 Å². The minimum absolute atomic E-state index is 0.0478. The monoisotopic (exact) mass is 222 g/mol. The van der Waals surface area contributed by atoms with E-state index in [0.29, 0.717) is 11.2 Å². The largest absolute Gasteiger partial charge is 0.488 e. The summed E-state index contributed by atoms with van der Waals surface area (Å²) in [5.74, 6) is 0. The van der Waals surface area contributed by atoms with Gasteiger partial charge in [-0.3, -0.25) is 0 Å². The summed E-state index contributed by atoms with van der Waals surface area (Å²) in [6.45, 7) is 3.71. The highest BCUT2D eigenvalue weighted by Crippen LogP contribution is 2.03. The molecule has 0 aromatic heterocycles. The summed E-state index contributed by atoms with van der Waals surface area (Å²) < 4.78 is 0. The minimum atomic E-state index is -1.53. The lowest BCUT2D eigenvalue weighted by Gasteiger charge is -2.10. The van der Waals surface area contributed by atoms with Gasteiger partial charge in [0.25, 0.3) is 0 Å². The van der Waals surface area contributed by atoms with Crippen LogP contribution < -0.4 is 16.1 Å². The van der Waals surface area contributed by atoms with Gasteiger partial charge in [-0.25, -0.2) is 4.79 Å². The van der Waals surface area contributed by atoms with Gasteiger partial charge >= 0.3 is 13.1 Å². The second-order valence-electron chi connectivity index (χ2n) is 3.75. The minimum Gasteiger partial charge on any atom is -0.423 e. The third kappa shape index (κ3) is 3.92. The van der Waals surface area contributed by atoms with Crippen molar-refractivity contribution in [1.29, 1.82) is 0 Å². The second kappa shape index (κ2) is 5.53. The maximum atomic E-state index is 11.4. The number of rotatable bonds is 3. The molecule has 0 saturated heterocycles. The van der Waals surface area contributed by atoms with Crippen molar-refractivity contribution in [2.75, 3.05) is 5.32 Å². The molecule has 1 rings (SSSR count). The molecule has 0 unspecified atom stereocenters. The zero-order chi connectivity index (χ0) is 12.1. The molecule has 4 N–H and O–H groups in total. The summed E-state index contributed by atoms with van der Waals surface area (Å²) in [4.78, 5) is 11.4. The van der Waals surface area contributed by atoms with Gasteiger partial charge in [0, 0.05) is 11.7 Å². The molecule has 86 valence electrons. The van der Waals surface area contributed by atoms with E-state index in [1.54, 1.807) is 18.2 Å². The molecule has 1 aromatic rings. The Balaban J connectivity index is 2.67. The number of urea groups is 1. The van der Waals surface area contributed by atoms with Crippen LogP contribution in [0.3, 0.4) is 0 Å². The first-order valence-electron chi connectivity index (χ1n) is 5.02. The highest BCUT2D eigenvalue weighted by molar-refractivity contribution is 6.58. The summed E-state index contributed by atoms with van der Waals surface area (Å²) in [6, 6.07) is 6.11. The summed E-state index contributed by atoms with van der Waals surface area (Å²) in [5.41, 5.74) is 0.853. The van der Waals surface area contributed by atoms with Crippen LogP contribution in [-0.2, 0) is 0 Å². The number of hydrogen-bond donors (Lipinski definition) is 4. The van der Waals surface area contributed by atoms with Crippen LogP contribution in [-0.4, -0.2) is 29.2 Å². The molecule has 16 heavy (non-hydrogen) atoms. The van der Waals surface area contributed by atoms with Crippen LogP contribution in [0.25, 0.3) is 0 Å². The van der Waals surface area contributed by atoms with E-state index in [0.717, 1.165) is 0 Å². The van der Waals surface area contributed by atoms with Gasteiger partial charge in [0.15, 0.2) is 0 Å². The van der Waals surface area contributed by atoms with Gasteiger partial charge < -0.3 is 20.7 Å². The molecule has 0 aliphatic carbocycles. The Kier molecular flexibility index (Phi) is 4.33. The van der Waals surface area contributed by atoms with Crippen molar-refractivity contribution in [1.82, 2.24) is 5.32 Å². The van der Waals surface area contributed by atoms with E-state index in [9.17, 15) is 4.79 Å². The maximum absolute atomic E-state index is 11.4. The average molecular weight is 222 g/mol. The molecule has 0 aliphatic rings. The number of hydrogen-bond acceptors (Lipinski definition) is 3. The van der Waals surface area contributed by atoms with E-state index in [1.165, 1.54) is 6.07 Å². The Bertz CT molecular complexity index is 369. The lowest BCUT2D eigenvalue weighted by atomic mass is 9.80. The van der Waals surface area contributed by atoms with E-state index < -0.39 is 7.12 Å². The smallest absolute Gasteiger partial charge is 0.423 e. The number of carbonyl (C=O) groups excluding carboxylic acids is 1. The first-order chi connectivity index (χ1) is 7.49. The average Bonchev–Trinajstić information content (AvgIpc) is 2.16. The predicted molar refractivity (Wildman–Crippen MR) is 63.6 cm³/mol. The van der Waals surface area contributed by atoms with E-state index in [2.05, 4.69) is 10.6 Å². The third-order valence-corrected chi connectivity index (χ3v) is 1.86. The van der Waals surface area contributed by atoms with Gasteiger partial charge in [-0.05, 0) is 31.4 Å². The van der Waals surface area contributed by atoms with Crippen LogP contribution >= 0.6 is 0 Å². The molecule has 0 fully saturated rings. The third-order valence-electron chi connectivity index (χ3n) is 1.86. The molecule has 1 aromatic carbocycles. The molecule has 0 spiro atoms. The van der Waals surface area contributed by atoms with Crippen molar-refractivity contribution in [3.8, 4) is 0 Å². The molecule has 0 saturated carbocycles. The number of carbonyl (C=O) groups is 1. The van der Waals surface area contributed by atoms with E-state index in [-0.39, 0.29) is 12.1 Å². The van der Waals surface area contributed by atoms with Gasteiger partial charge in [-0.15, -0.1) is 0 Å². The SMILES string of the molecule is CC(C)NC(=O)Nc1cccc(B(O)O)c1. The van der Waals surface area contributed by atoms with Crippen molar-refractivity contribution in [2.24, 2.45) is 0 Å². The highest BCUT2D eigenvalue weighted by atomic mass is 16.4. The van der Waals surface area contributed by atoms with Gasteiger partial charge in [0.05, 0.1) is 0 Å². The van der Waals surface area contributed by atoms with Crippen molar-refractivity contribution in [3.05, 3.63) is 24.3 Å². The first-order valence-corrected chi connectivity index (χ1v) is 5.02. The number of amides is 2. The predicted octanol–water partition coefficient (Wildman–Crippen LogP) is -0.104. The van der Waals surface area contributed by atoms with Crippen LogP contribution in [0.5, 0.6) is 0 Å².